The number of aromatic nitrogens is 3. The maximum absolute atomic E-state index is 13.5. The molecule has 0 radical (unpaired) electrons. The lowest BCUT2D eigenvalue weighted by atomic mass is 9.98. The zero-order valence-electron chi connectivity index (χ0n) is 21.4. The van der Waals surface area contributed by atoms with E-state index < -0.39 is 24.5 Å². The minimum absolute atomic E-state index is 0.0109. The standard InChI is InChI=1S/C28H28N4O6S/c1-2-32-26(33)25(30-21-16-29-15-18-9-6-7-12-20(18)21)23(24(31-32)22-13-8-14-39-22)27(34)36-17-37-28(35)38-19-10-4-3-5-11-19/h6-9,12-16,19,30H,2-5,10-11,17H2,1H3. The summed E-state index contributed by atoms with van der Waals surface area (Å²) in [7, 11) is 0. The summed E-state index contributed by atoms with van der Waals surface area (Å²) in [6.45, 7) is 1.41. The quantitative estimate of drug-likeness (QED) is 0.212. The van der Waals surface area contributed by atoms with Crippen molar-refractivity contribution in [2.24, 2.45) is 0 Å². The van der Waals surface area contributed by atoms with Crippen LogP contribution in [0.25, 0.3) is 21.3 Å². The van der Waals surface area contributed by atoms with E-state index in [4.69, 9.17) is 14.2 Å². The number of ether oxygens (including phenoxy) is 3. The SMILES string of the molecule is CCn1nc(-c2cccs2)c(C(=O)OCOC(=O)OC2CCCCC2)c(Nc2cncc3ccccc23)c1=O. The Morgan fingerprint density at radius 3 is 2.67 bits per heavy atom. The third-order valence-electron chi connectivity index (χ3n) is 6.52. The van der Waals surface area contributed by atoms with Crippen molar-refractivity contribution in [3.8, 4) is 10.6 Å². The van der Waals surface area contributed by atoms with Crippen LogP contribution < -0.4 is 10.9 Å². The number of nitrogens with zero attached hydrogens (tertiary/aromatic N) is 3. The molecule has 4 aromatic rings. The summed E-state index contributed by atoms with van der Waals surface area (Å²) >= 11 is 1.37. The predicted molar refractivity (Wildman–Crippen MR) is 147 cm³/mol. The van der Waals surface area contributed by atoms with Gasteiger partial charge in [0.1, 0.15) is 23.0 Å². The molecule has 1 aromatic carbocycles. The van der Waals surface area contributed by atoms with E-state index in [1.807, 2.05) is 35.7 Å². The molecule has 0 saturated heterocycles. The van der Waals surface area contributed by atoms with Crippen LogP contribution in [0.4, 0.5) is 16.2 Å². The summed E-state index contributed by atoms with van der Waals surface area (Å²) < 4.78 is 16.9. The van der Waals surface area contributed by atoms with Crippen LogP contribution in [0.5, 0.6) is 0 Å². The van der Waals surface area contributed by atoms with Gasteiger partial charge in [0.2, 0.25) is 6.79 Å². The molecule has 0 aliphatic heterocycles. The number of carbonyl (C=O) groups is 2. The van der Waals surface area contributed by atoms with Gasteiger partial charge in [0.15, 0.2) is 0 Å². The lowest BCUT2D eigenvalue weighted by molar-refractivity contribution is -0.0429. The van der Waals surface area contributed by atoms with Crippen molar-refractivity contribution in [3.05, 3.63) is 70.1 Å². The van der Waals surface area contributed by atoms with Crippen LogP contribution in [0.15, 0.2) is 59.0 Å². The van der Waals surface area contributed by atoms with Crippen molar-refractivity contribution in [1.82, 2.24) is 14.8 Å². The Hall–Kier alpha value is -4.25. The van der Waals surface area contributed by atoms with E-state index in [0.717, 1.165) is 42.9 Å². The topological polar surface area (TPSA) is 122 Å². The number of fused-ring (bicyclic) bond motifs is 1. The van der Waals surface area contributed by atoms with Crippen LogP contribution in [0.1, 0.15) is 49.4 Å². The summed E-state index contributed by atoms with van der Waals surface area (Å²) in [5, 5.41) is 11.1. The Bertz CT molecular complexity index is 1520. The second-order valence-electron chi connectivity index (χ2n) is 9.05. The molecule has 0 atom stereocenters. The van der Waals surface area contributed by atoms with Gasteiger partial charge in [0.25, 0.3) is 5.56 Å². The molecule has 1 aliphatic carbocycles. The second kappa shape index (κ2) is 12.1. The molecule has 10 nitrogen and oxygen atoms in total. The second-order valence-corrected chi connectivity index (χ2v) is 10.00. The number of benzene rings is 1. The molecule has 1 aliphatic rings. The number of carbonyl (C=O) groups excluding carboxylic acids is 2. The highest BCUT2D eigenvalue weighted by Gasteiger charge is 2.27. The average molecular weight is 549 g/mol. The van der Waals surface area contributed by atoms with E-state index in [1.165, 1.54) is 16.0 Å². The number of hydrogen-bond acceptors (Lipinski definition) is 10. The Kier molecular flexibility index (Phi) is 8.16. The Balaban J connectivity index is 1.46. The minimum atomic E-state index is -0.895. The number of pyridine rings is 1. The van der Waals surface area contributed by atoms with Crippen LogP contribution in [-0.4, -0.2) is 39.8 Å². The molecule has 0 spiro atoms. The molecular formula is C28H28N4O6S. The number of rotatable bonds is 8. The lowest BCUT2D eigenvalue weighted by Gasteiger charge is -2.21. The Morgan fingerprint density at radius 2 is 1.90 bits per heavy atom. The maximum Gasteiger partial charge on any atom is 0.511 e. The van der Waals surface area contributed by atoms with E-state index >= 15 is 0 Å². The number of nitrogens with one attached hydrogen (secondary N) is 1. The summed E-state index contributed by atoms with van der Waals surface area (Å²) in [6, 6.07) is 11.2. The van der Waals surface area contributed by atoms with Gasteiger partial charge in [-0.2, -0.15) is 5.10 Å². The van der Waals surface area contributed by atoms with Crippen molar-refractivity contribution in [3.63, 3.8) is 0 Å². The average Bonchev–Trinajstić information content (AvgIpc) is 3.49. The fourth-order valence-electron chi connectivity index (χ4n) is 4.59. The number of hydrogen-bond donors (Lipinski definition) is 1. The van der Waals surface area contributed by atoms with Gasteiger partial charge in [-0.15, -0.1) is 11.3 Å². The monoisotopic (exact) mass is 548 g/mol. The zero-order valence-corrected chi connectivity index (χ0v) is 22.2. The van der Waals surface area contributed by atoms with Gasteiger partial charge in [-0.25, -0.2) is 14.3 Å². The predicted octanol–water partition coefficient (Wildman–Crippen LogP) is 5.88. The molecule has 202 valence electrons. The van der Waals surface area contributed by atoms with E-state index in [9.17, 15) is 14.4 Å². The number of thiophene rings is 1. The first-order valence-electron chi connectivity index (χ1n) is 12.8. The van der Waals surface area contributed by atoms with Gasteiger partial charge in [-0.1, -0.05) is 36.8 Å². The number of esters is 1. The van der Waals surface area contributed by atoms with Crippen LogP contribution in [0, 0.1) is 0 Å². The van der Waals surface area contributed by atoms with Gasteiger partial charge >= 0.3 is 12.1 Å². The van der Waals surface area contributed by atoms with E-state index in [-0.39, 0.29) is 29.6 Å². The first kappa shape index (κ1) is 26.4. The van der Waals surface area contributed by atoms with Gasteiger partial charge < -0.3 is 19.5 Å². The molecule has 39 heavy (non-hydrogen) atoms. The van der Waals surface area contributed by atoms with Crippen molar-refractivity contribution in [1.29, 1.82) is 0 Å². The summed E-state index contributed by atoms with van der Waals surface area (Å²) in [5.74, 6) is -0.868. The van der Waals surface area contributed by atoms with Crippen LogP contribution in [-0.2, 0) is 20.8 Å². The van der Waals surface area contributed by atoms with E-state index in [0.29, 0.717) is 10.6 Å². The first-order chi connectivity index (χ1) is 19.0. The fraction of sp³-hybridized carbons (Fsp3) is 0.321. The largest absolute Gasteiger partial charge is 0.511 e. The molecule has 0 unspecified atom stereocenters. The smallest absolute Gasteiger partial charge is 0.431 e. The molecule has 1 N–H and O–H groups in total. The molecular weight excluding hydrogens is 520 g/mol. The zero-order chi connectivity index (χ0) is 27.2. The highest BCUT2D eigenvalue weighted by Crippen LogP contribution is 2.32. The highest BCUT2D eigenvalue weighted by atomic mass is 32.1. The number of aryl methyl sites for hydroxylation is 1. The molecule has 0 bridgehead atoms. The molecule has 0 amide bonds. The molecule has 1 fully saturated rings. The fourth-order valence-corrected chi connectivity index (χ4v) is 5.31. The first-order valence-corrected chi connectivity index (χ1v) is 13.7. The molecule has 1 saturated carbocycles. The van der Waals surface area contributed by atoms with Crippen molar-refractivity contribution in [2.45, 2.75) is 51.7 Å². The van der Waals surface area contributed by atoms with E-state index in [2.05, 4.69) is 15.4 Å². The number of anilines is 2. The van der Waals surface area contributed by atoms with Crippen LogP contribution in [0.2, 0.25) is 0 Å². The highest BCUT2D eigenvalue weighted by molar-refractivity contribution is 7.13. The summed E-state index contributed by atoms with van der Waals surface area (Å²) in [6.07, 6.45) is 6.91. The third-order valence-corrected chi connectivity index (χ3v) is 7.40. The van der Waals surface area contributed by atoms with Crippen molar-refractivity contribution >= 4 is 45.6 Å². The maximum atomic E-state index is 13.5. The van der Waals surface area contributed by atoms with Crippen molar-refractivity contribution in [2.75, 3.05) is 12.1 Å². The van der Waals surface area contributed by atoms with E-state index in [1.54, 1.807) is 25.4 Å². The van der Waals surface area contributed by atoms with Gasteiger partial charge in [0, 0.05) is 23.5 Å². The third kappa shape index (κ3) is 5.93. The van der Waals surface area contributed by atoms with Crippen molar-refractivity contribution < 1.29 is 23.8 Å². The minimum Gasteiger partial charge on any atom is -0.431 e. The molecule has 3 heterocycles. The van der Waals surface area contributed by atoms with Gasteiger partial charge in [-0.05, 0) is 44.1 Å². The summed E-state index contributed by atoms with van der Waals surface area (Å²) in [5.41, 5.74) is 0.234. The lowest BCUT2D eigenvalue weighted by Crippen LogP contribution is -2.29. The van der Waals surface area contributed by atoms with Gasteiger partial charge in [0.05, 0.1) is 16.8 Å². The summed E-state index contributed by atoms with van der Waals surface area (Å²) in [4.78, 5) is 44.0. The molecule has 3 aromatic heterocycles. The molecule has 11 heteroatoms. The van der Waals surface area contributed by atoms with Crippen LogP contribution in [0.3, 0.4) is 0 Å². The Labute approximate surface area is 228 Å². The van der Waals surface area contributed by atoms with Crippen LogP contribution >= 0.6 is 11.3 Å². The molecule has 5 rings (SSSR count). The Morgan fingerprint density at radius 1 is 1.08 bits per heavy atom. The normalized spacial score (nSPS) is 13.7. The van der Waals surface area contributed by atoms with Gasteiger partial charge in [-0.3, -0.25) is 9.78 Å².